The highest BCUT2D eigenvalue weighted by atomic mass is 16.5. The van der Waals surface area contributed by atoms with Crippen molar-refractivity contribution in [2.75, 3.05) is 6.61 Å². The van der Waals surface area contributed by atoms with E-state index in [1.807, 2.05) is 6.07 Å². The van der Waals surface area contributed by atoms with Gasteiger partial charge in [0.1, 0.15) is 6.61 Å². The molecule has 1 fully saturated rings. The van der Waals surface area contributed by atoms with Gasteiger partial charge >= 0.3 is 0 Å². The van der Waals surface area contributed by atoms with Crippen LogP contribution in [0.1, 0.15) is 35.0 Å². The van der Waals surface area contributed by atoms with Crippen LogP contribution in [0.5, 0.6) is 0 Å². The van der Waals surface area contributed by atoms with Crippen LogP contribution in [0.15, 0.2) is 24.5 Å². The number of aromatic nitrogens is 3. The van der Waals surface area contributed by atoms with Gasteiger partial charge < -0.3 is 15.4 Å². The second-order valence-electron chi connectivity index (χ2n) is 6.26. The zero-order chi connectivity index (χ0) is 17.2. The summed E-state index contributed by atoms with van der Waals surface area (Å²) < 4.78 is 5.50. The molecule has 8 heteroatoms. The molecule has 2 amide bonds. The predicted molar refractivity (Wildman–Crippen MR) is 87.3 cm³/mol. The Balaban J connectivity index is 1.46. The Labute approximate surface area is 144 Å². The molecule has 2 aliphatic rings. The number of aromatic amines is 1. The van der Waals surface area contributed by atoms with E-state index in [4.69, 9.17) is 4.74 Å². The average molecular weight is 341 g/mol. The van der Waals surface area contributed by atoms with E-state index in [9.17, 15) is 9.59 Å². The summed E-state index contributed by atoms with van der Waals surface area (Å²) in [6, 6.07) is 3.02. The van der Waals surface area contributed by atoms with Crippen molar-refractivity contribution >= 4 is 11.8 Å². The molecule has 2 aromatic rings. The number of morpholine rings is 1. The van der Waals surface area contributed by atoms with Crippen molar-refractivity contribution in [1.29, 1.82) is 0 Å². The minimum Gasteiger partial charge on any atom is -0.356 e. The summed E-state index contributed by atoms with van der Waals surface area (Å²) in [7, 11) is 0. The third-order valence-corrected chi connectivity index (χ3v) is 4.64. The normalized spacial score (nSPS) is 22.3. The first-order valence-corrected chi connectivity index (χ1v) is 8.36. The van der Waals surface area contributed by atoms with E-state index >= 15 is 0 Å². The molecule has 1 saturated heterocycles. The average Bonchev–Trinajstić information content (AvgIpc) is 3.24. The number of hydrogen-bond donors (Lipinski definition) is 3. The standard InChI is InChI=1S/C17H19N5O3/c23-14-9-25-16(15(20-14)10-3-2-6-18-7-10)17(24)19-8-13-11-4-1-5-12(11)21-22-13/h2-3,6-7,15-16H,1,4-5,8-9H2,(H,19,24)(H,20,23)(H,21,22)/t15-,16+/m1/s1. The highest BCUT2D eigenvalue weighted by molar-refractivity contribution is 5.86. The minimum atomic E-state index is -0.797. The summed E-state index contributed by atoms with van der Waals surface area (Å²) in [4.78, 5) is 28.4. The number of nitrogens with zero attached hydrogens (tertiary/aromatic N) is 2. The van der Waals surface area contributed by atoms with Crippen LogP contribution < -0.4 is 10.6 Å². The van der Waals surface area contributed by atoms with Gasteiger partial charge in [-0.15, -0.1) is 0 Å². The summed E-state index contributed by atoms with van der Waals surface area (Å²) in [6.45, 7) is 0.213. The number of amides is 2. The first-order chi connectivity index (χ1) is 12.2. The van der Waals surface area contributed by atoms with Crippen LogP contribution in [-0.2, 0) is 33.7 Å². The molecule has 3 N–H and O–H groups in total. The molecule has 0 saturated carbocycles. The number of hydrogen-bond acceptors (Lipinski definition) is 5. The molecule has 2 atom stereocenters. The molecule has 0 spiro atoms. The molecule has 3 heterocycles. The number of nitrogens with one attached hydrogen (secondary N) is 3. The Bertz CT molecular complexity index is 789. The van der Waals surface area contributed by atoms with Crippen molar-refractivity contribution < 1.29 is 14.3 Å². The number of carbonyl (C=O) groups excluding carboxylic acids is 2. The zero-order valence-electron chi connectivity index (χ0n) is 13.6. The highest BCUT2D eigenvalue weighted by Gasteiger charge is 2.36. The van der Waals surface area contributed by atoms with E-state index < -0.39 is 12.1 Å². The number of rotatable bonds is 4. The molecular formula is C17H19N5O3. The molecule has 4 rings (SSSR count). The Morgan fingerprint density at radius 3 is 3.16 bits per heavy atom. The molecule has 1 aliphatic carbocycles. The summed E-state index contributed by atoms with van der Waals surface area (Å²) in [5, 5.41) is 13.0. The minimum absolute atomic E-state index is 0.132. The van der Waals surface area contributed by atoms with Gasteiger partial charge in [0, 0.05) is 18.1 Å². The van der Waals surface area contributed by atoms with Gasteiger partial charge in [-0.25, -0.2) is 0 Å². The Kier molecular flexibility index (Phi) is 4.19. The van der Waals surface area contributed by atoms with Crippen LogP contribution in [0.2, 0.25) is 0 Å². The van der Waals surface area contributed by atoms with Gasteiger partial charge in [0.05, 0.1) is 18.3 Å². The van der Waals surface area contributed by atoms with Gasteiger partial charge in [-0.3, -0.25) is 19.7 Å². The van der Waals surface area contributed by atoms with Crippen molar-refractivity contribution in [2.24, 2.45) is 0 Å². The maximum absolute atomic E-state index is 12.6. The van der Waals surface area contributed by atoms with Gasteiger partial charge in [0.2, 0.25) is 5.91 Å². The summed E-state index contributed by atoms with van der Waals surface area (Å²) in [6.07, 6.45) is 5.59. The Morgan fingerprint density at radius 1 is 1.40 bits per heavy atom. The van der Waals surface area contributed by atoms with Crippen LogP contribution >= 0.6 is 0 Å². The fourth-order valence-corrected chi connectivity index (χ4v) is 3.40. The number of aryl methyl sites for hydroxylation is 1. The van der Waals surface area contributed by atoms with E-state index in [-0.39, 0.29) is 18.4 Å². The third kappa shape index (κ3) is 3.12. The fraction of sp³-hybridized carbons (Fsp3) is 0.412. The predicted octanol–water partition coefficient (Wildman–Crippen LogP) is 0.166. The second-order valence-corrected chi connectivity index (χ2v) is 6.26. The second kappa shape index (κ2) is 6.64. The van der Waals surface area contributed by atoms with E-state index in [0.29, 0.717) is 6.54 Å². The topological polar surface area (TPSA) is 109 Å². The lowest BCUT2D eigenvalue weighted by molar-refractivity contribution is -0.148. The third-order valence-electron chi connectivity index (χ3n) is 4.64. The first-order valence-electron chi connectivity index (χ1n) is 8.36. The SMILES string of the molecule is O=C1CO[C@H](C(=O)NCc2n[nH]c3c2CCC3)[C@@H](c2cccnc2)N1. The van der Waals surface area contributed by atoms with Gasteiger partial charge in [-0.2, -0.15) is 5.10 Å². The van der Waals surface area contributed by atoms with Crippen LogP contribution in [0, 0.1) is 0 Å². The fourth-order valence-electron chi connectivity index (χ4n) is 3.40. The maximum atomic E-state index is 12.6. The molecule has 8 nitrogen and oxygen atoms in total. The van der Waals surface area contributed by atoms with Crippen LogP contribution in [0.25, 0.3) is 0 Å². The highest BCUT2D eigenvalue weighted by Crippen LogP contribution is 2.24. The lowest BCUT2D eigenvalue weighted by Gasteiger charge is -2.31. The number of ether oxygens (including phenoxy) is 1. The molecule has 130 valence electrons. The van der Waals surface area contributed by atoms with E-state index in [1.165, 1.54) is 11.3 Å². The van der Waals surface area contributed by atoms with E-state index in [2.05, 4.69) is 25.8 Å². The lowest BCUT2D eigenvalue weighted by Crippen LogP contribution is -2.52. The quantitative estimate of drug-likeness (QED) is 0.734. The Hall–Kier alpha value is -2.74. The molecule has 0 bridgehead atoms. The Morgan fingerprint density at radius 2 is 2.32 bits per heavy atom. The lowest BCUT2D eigenvalue weighted by atomic mass is 10.0. The number of H-pyrrole nitrogens is 1. The van der Waals surface area contributed by atoms with Crippen molar-refractivity contribution in [2.45, 2.75) is 38.0 Å². The maximum Gasteiger partial charge on any atom is 0.251 e. The van der Waals surface area contributed by atoms with Crippen molar-refractivity contribution in [3.8, 4) is 0 Å². The summed E-state index contributed by atoms with van der Waals surface area (Å²) in [5.74, 6) is -0.522. The molecule has 2 aromatic heterocycles. The number of carbonyl (C=O) groups is 2. The molecular weight excluding hydrogens is 322 g/mol. The van der Waals surface area contributed by atoms with E-state index in [0.717, 1.165) is 30.5 Å². The van der Waals surface area contributed by atoms with Crippen molar-refractivity contribution in [3.05, 3.63) is 47.0 Å². The van der Waals surface area contributed by atoms with Gasteiger partial charge in [-0.05, 0) is 36.5 Å². The van der Waals surface area contributed by atoms with Crippen molar-refractivity contribution in [1.82, 2.24) is 25.8 Å². The largest absolute Gasteiger partial charge is 0.356 e. The summed E-state index contributed by atoms with van der Waals surface area (Å²) in [5.41, 5.74) is 3.98. The smallest absolute Gasteiger partial charge is 0.251 e. The molecule has 0 unspecified atom stereocenters. The van der Waals surface area contributed by atoms with Crippen LogP contribution in [-0.4, -0.2) is 39.7 Å². The molecule has 0 aromatic carbocycles. The number of fused-ring (bicyclic) bond motifs is 1. The molecule has 0 radical (unpaired) electrons. The first kappa shape index (κ1) is 15.8. The van der Waals surface area contributed by atoms with Gasteiger partial charge in [0.15, 0.2) is 6.10 Å². The number of pyridine rings is 1. The zero-order valence-corrected chi connectivity index (χ0v) is 13.6. The monoisotopic (exact) mass is 341 g/mol. The van der Waals surface area contributed by atoms with Crippen molar-refractivity contribution in [3.63, 3.8) is 0 Å². The molecule has 25 heavy (non-hydrogen) atoms. The van der Waals surface area contributed by atoms with Crippen LogP contribution in [0.4, 0.5) is 0 Å². The van der Waals surface area contributed by atoms with Crippen LogP contribution in [0.3, 0.4) is 0 Å². The molecule has 1 aliphatic heterocycles. The van der Waals surface area contributed by atoms with Gasteiger partial charge in [0.25, 0.3) is 5.91 Å². The van der Waals surface area contributed by atoms with E-state index in [1.54, 1.807) is 18.5 Å². The summed E-state index contributed by atoms with van der Waals surface area (Å²) >= 11 is 0. The van der Waals surface area contributed by atoms with Gasteiger partial charge in [-0.1, -0.05) is 6.07 Å².